The van der Waals surface area contributed by atoms with E-state index in [1.807, 2.05) is 6.08 Å². The maximum atomic E-state index is 11.3. The van der Waals surface area contributed by atoms with Crippen LogP contribution in [-0.4, -0.2) is 37.5 Å². The molecule has 0 saturated carbocycles. The summed E-state index contributed by atoms with van der Waals surface area (Å²) in [7, 11) is 1.38. The van der Waals surface area contributed by atoms with Crippen LogP contribution in [0.4, 0.5) is 0 Å². The van der Waals surface area contributed by atoms with Gasteiger partial charge >= 0.3 is 5.97 Å². The van der Waals surface area contributed by atoms with Gasteiger partial charge in [-0.2, -0.15) is 0 Å². The van der Waals surface area contributed by atoms with Crippen LogP contribution in [0.25, 0.3) is 0 Å². The van der Waals surface area contributed by atoms with Gasteiger partial charge in [0.1, 0.15) is 0 Å². The topological polar surface area (TPSA) is 59.1 Å². The molecule has 0 bridgehead atoms. The number of methoxy groups -OCH3 is 1. The molecule has 0 aliphatic carbocycles. The van der Waals surface area contributed by atoms with E-state index >= 15 is 0 Å². The Morgan fingerprint density at radius 2 is 2.33 bits per heavy atom. The Kier molecular flexibility index (Phi) is 5.36. The second-order valence-corrected chi connectivity index (χ2v) is 3.59. The van der Waals surface area contributed by atoms with Gasteiger partial charge in [0.2, 0.25) is 0 Å². The first kappa shape index (κ1) is 12.2. The van der Waals surface area contributed by atoms with E-state index in [1.165, 1.54) is 7.11 Å². The highest BCUT2D eigenvalue weighted by molar-refractivity contribution is 5.88. The zero-order chi connectivity index (χ0) is 11.1. The van der Waals surface area contributed by atoms with Crippen molar-refractivity contribution < 1.29 is 19.4 Å². The first-order valence-electron chi connectivity index (χ1n) is 5.27. The molecule has 15 heavy (non-hydrogen) atoms. The minimum Gasteiger partial charge on any atom is -0.466 e. The average Bonchev–Trinajstić information content (AvgIpc) is 3.06. The van der Waals surface area contributed by atoms with E-state index in [9.17, 15) is 4.79 Å². The van der Waals surface area contributed by atoms with Crippen molar-refractivity contribution in [2.75, 3.05) is 20.3 Å². The number of unbranched alkanes of at least 4 members (excludes halogenated alkanes) is 1. The molecule has 1 aliphatic heterocycles. The fraction of sp³-hybridized carbons (Fsp3) is 0.727. The number of epoxide rings is 1. The number of hydrogen-bond donors (Lipinski definition) is 1. The highest BCUT2D eigenvalue weighted by atomic mass is 16.6. The highest BCUT2D eigenvalue weighted by Crippen LogP contribution is 2.17. The van der Waals surface area contributed by atoms with Crippen LogP contribution >= 0.6 is 0 Å². The number of aliphatic hydroxyl groups is 1. The quantitative estimate of drug-likeness (QED) is 0.298. The van der Waals surface area contributed by atoms with Gasteiger partial charge in [-0.15, -0.1) is 0 Å². The van der Waals surface area contributed by atoms with Crippen molar-refractivity contribution in [1.82, 2.24) is 0 Å². The van der Waals surface area contributed by atoms with Gasteiger partial charge in [0.25, 0.3) is 0 Å². The second-order valence-electron chi connectivity index (χ2n) is 3.59. The van der Waals surface area contributed by atoms with Crippen molar-refractivity contribution in [3.63, 3.8) is 0 Å². The molecule has 1 fully saturated rings. The monoisotopic (exact) mass is 214 g/mol. The Bertz CT molecular complexity index is 231. The lowest BCUT2D eigenvalue weighted by Gasteiger charge is -2.04. The molecule has 0 aromatic carbocycles. The van der Waals surface area contributed by atoms with Crippen molar-refractivity contribution >= 4 is 5.97 Å². The zero-order valence-electron chi connectivity index (χ0n) is 9.07. The molecule has 1 heterocycles. The molecular formula is C11H18O4. The molecule has 1 aliphatic rings. The summed E-state index contributed by atoms with van der Waals surface area (Å²) in [6, 6.07) is 0. The van der Waals surface area contributed by atoms with Crippen LogP contribution in [0.1, 0.15) is 25.7 Å². The maximum absolute atomic E-state index is 11.3. The van der Waals surface area contributed by atoms with E-state index < -0.39 is 0 Å². The van der Waals surface area contributed by atoms with E-state index in [4.69, 9.17) is 9.84 Å². The summed E-state index contributed by atoms with van der Waals surface area (Å²) < 4.78 is 9.75. The first-order valence-corrected chi connectivity index (χ1v) is 5.27. The zero-order valence-corrected chi connectivity index (χ0v) is 9.07. The summed E-state index contributed by atoms with van der Waals surface area (Å²) in [5, 5.41) is 8.65. The van der Waals surface area contributed by atoms with Crippen LogP contribution in [0, 0.1) is 0 Å². The third-order valence-corrected chi connectivity index (χ3v) is 2.33. The molecule has 1 saturated heterocycles. The summed E-state index contributed by atoms with van der Waals surface area (Å²) in [4.78, 5) is 11.3. The number of rotatable bonds is 7. The number of carbonyl (C=O) groups excluding carboxylic acids is 1. The van der Waals surface area contributed by atoms with Crippen LogP contribution in [-0.2, 0) is 14.3 Å². The van der Waals surface area contributed by atoms with E-state index in [0.717, 1.165) is 19.4 Å². The molecule has 0 radical (unpaired) electrons. The standard InChI is InChI=1S/C11H18O4/c1-14-11(13)9(4-2-3-7-12)5-6-10-8-15-10/h5,10,12H,2-4,6-8H2,1H3. The van der Waals surface area contributed by atoms with E-state index in [2.05, 4.69) is 4.74 Å². The van der Waals surface area contributed by atoms with Crippen molar-refractivity contribution in [3.8, 4) is 0 Å². The van der Waals surface area contributed by atoms with E-state index in [1.54, 1.807) is 0 Å². The molecule has 0 spiro atoms. The van der Waals surface area contributed by atoms with Crippen LogP contribution in [0.15, 0.2) is 11.6 Å². The largest absolute Gasteiger partial charge is 0.466 e. The van der Waals surface area contributed by atoms with Crippen molar-refractivity contribution in [2.45, 2.75) is 31.8 Å². The number of aliphatic hydroxyl groups excluding tert-OH is 1. The average molecular weight is 214 g/mol. The number of carbonyl (C=O) groups is 1. The lowest BCUT2D eigenvalue weighted by Crippen LogP contribution is -2.05. The molecular weight excluding hydrogens is 196 g/mol. The van der Waals surface area contributed by atoms with Crippen molar-refractivity contribution in [2.24, 2.45) is 0 Å². The fourth-order valence-corrected chi connectivity index (χ4v) is 1.32. The van der Waals surface area contributed by atoms with Gasteiger partial charge < -0.3 is 14.6 Å². The summed E-state index contributed by atoms with van der Waals surface area (Å²) >= 11 is 0. The Balaban J connectivity index is 2.35. The summed E-state index contributed by atoms with van der Waals surface area (Å²) in [6.07, 6.45) is 5.16. The Hall–Kier alpha value is -0.870. The summed E-state index contributed by atoms with van der Waals surface area (Å²) in [6.45, 7) is 0.960. The SMILES string of the molecule is COC(=O)C(=CCC1CO1)CCCCO. The van der Waals surface area contributed by atoms with Crippen LogP contribution in [0.3, 0.4) is 0 Å². The summed E-state index contributed by atoms with van der Waals surface area (Å²) in [5.74, 6) is -0.270. The second kappa shape index (κ2) is 6.58. The van der Waals surface area contributed by atoms with Gasteiger partial charge in [0, 0.05) is 12.2 Å². The van der Waals surface area contributed by atoms with Gasteiger partial charge in [0.15, 0.2) is 0 Å². The number of hydrogen-bond acceptors (Lipinski definition) is 4. The van der Waals surface area contributed by atoms with Crippen molar-refractivity contribution in [1.29, 1.82) is 0 Å². The minimum absolute atomic E-state index is 0.167. The number of esters is 1. The third kappa shape index (κ3) is 4.95. The van der Waals surface area contributed by atoms with Crippen molar-refractivity contribution in [3.05, 3.63) is 11.6 Å². The van der Waals surface area contributed by atoms with Gasteiger partial charge in [0.05, 0.1) is 19.8 Å². The Morgan fingerprint density at radius 1 is 1.60 bits per heavy atom. The molecule has 86 valence electrons. The predicted molar refractivity (Wildman–Crippen MR) is 55.4 cm³/mol. The molecule has 1 atom stereocenters. The maximum Gasteiger partial charge on any atom is 0.333 e. The van der Waals surface area contributed by atoms with Gasteiger partial charge in [-0.25, -0.2) is 4.79 Å². The summed E-state index contributed by atoms with van der Waals surface area (Å²) in [5.41, 5.74) is 0.696. The molecule has 4 heteroatoms. The van der Waals surface area contributed by atoms with Gasteiger partial charge in [-0.1, -0.05) is 6.08 Å². The van der Waals surface area contributed by atoms with E-state index in [0.29, 0.717) is 24.5 Å². The minimum atomic E-state index is -0.270. The lowest BCUT2D eigenvalue weighted by molar-refractivity contribution is -0.136. The first-order chi connectivity index (χ1) is 7.27. The van der Waals surface area contributed by atoms with Gasteiger partial charge in [-0.3, -0.25) is 0 Å². The molecule has 0 aromatic rings. The predicted octanol–water partition coefficient (Wildman–Crippen LogP) is 1.04. The molecule has 0 aromatic heterocycles. The van der Waals surface area contributed by atoms with E-state index in [-0.39, 0.29) is 12.6 Å². The van der Waals surface area contributed by atoms with Crippen LogP contribution in [0.5, 0.6) is 0 Å². The molecule has 1 unspecified atom stereocenters. The number of ether oxygens (including phenoxy) is 2. The van der Waals surface area contributed by atoms with Crippen LogP contribution < -0.4 is 0 Å². The Morgan fingerprint density at radius 3 is 2.87 bits per heavy atom. The highest BCUT2D eigenvalue weighted by Gasteiger charge is 2.21. The lowest BCUT2D eigenvalue weighted by atomic mass is 10.1. The van der Waals surface area contributed by atoms with Gasteiger partial charge in [-0.05, 0) is 25.7 Å². The molecule has 1 rings (SSSR count). The van der Waals surface area contributed by atoms with Crippen LogP contribution in [0.2, 0.25) is 0 Å². The third-order valence-electron chi connectivity index (χ3n) is 2.33. The smallest absolute Gasteiger partial charge is 0.333 e. The normalized spacial score (nSPS) is 20.1. The fourth-order valence-electron chi connectivity index (χ4n) is 1.32. The molecule has 4 nitrogen and oxygen atoms in total. The molecule has 0 amide bonds. The Labute approximate surface area is 89.9 Å². The molecule has 1 N–H and O–H groups in total.